The molecular weight excluding hydrogens is 192 g/mol. The lowest BCUT2D eigenvalue weighted by molar-refractivity contribution is 0.178. The third-order valence-corrected chi connectivity index (χ3v) is 3.08. The fraction of sp³-hybridized carbons (Fsp3) is 0.900. The summed E-state index contributed by atoms with van der Waals surface area (Å²) in [5.41, 5.74) is 0. The predicted molar refractivity (Wildman–Crippen MR) is 58.9 cm³/mol. The Bertz CT molecular complexity index is 233. The number of carbonyl (C=O) groups excluding carboxylic acids is 1. The van der Waals surface area contributed by atoms with Crippen LogP contribution in [0.15, 0.2) is 0 Å². The predicted octanol–water partition coefficient (Wildman–Crippen LogP) is -0.695. The van der Waals surface area contributed by atoms with Gasteiger partial charge < -0.3 is 15.5 Å². The van der Waals surface area contributed by atoms with Gasteiger partial charge in [0.1, 0.15) is 0 Å². The molecule has 2 aliphatic heterocycles. The van der Waals surface area contributed by atoms with Crippen molar-refractivity contribution in [2.24, 2.45) is 0 Å². The average Bonchev–Trinajstić information content (AvgIpc) is 2.61. The molecule has 0 aliphatic carbocycles. The standard InChI is InChI=1S/C10H20N4O/c1-9-8-13(4-2-11-9)6-7-14-5-3-12-10(14)15/h9,11H,2-8H2,1H3,(H,12,15)/t9-/m1/s1. The summed E-state index contributed by atoms with van der Waals surface area (Å²) >= 11 is 0. The van der Waals surface area contributed by atoms with E-state index in [0.29, 0.717) is 6.04 Å². The van der Waals surface area contributed by atoms with Crippen molar-refractivity contribution >= 4 is 6.03 Å². The highest BCUT2D eigenvalue weighted by molar-refractivity contribution is 5.76. The van der Waals surface area contributed by atoms with Crippen molar-refractivity contribution in [3.63, 3.8) is 0 Å². The Morgan fingerprint density at radius 2 is 2.20 bits per heavy atom. The molecule has 5 heteroatoms. The molecule has 0 saturated carbocycles. The van der Waals surface area contributed by atoms with Crippen molar-refractivity contribution in [3.05, 3.63) is 0 Å². The third kappa shape index (κ3) is 2.82. The Morgan fingerprint density at radius 3 is 2.87 bits per heavy atom. The maximum Gasteiger partial charge on any atom is 0.317 e. The average molecular weight is 212 g/mol. The molecule has 0 aromatic carbocycles. The first kappa shape index (κ1) is 10.7. The van der Waals surface area contributed by atoms with E-state index in [9.17, 15) is 4.79 Å². The van der Waals surface area contributed by atoms with E-state index in [0.717, 1.165) is 45.8 Å². The second-order valence-corrected chi connectivity index (χ2v) is 4.37. The van der Waals surface area contributed by atoms with Crippen molar-refractivity contribution in [2.75, 3.05) is 45.8 Å². The fourth-order valence-corrected chi connectivity index (χ4v) is 2.20. The molecule has 5 nitrogen and oxygen atoms in total. The Hall–Kier alpha value is -0.810. The van der Waals surface area contributed by atoms with Gasteiger partial charge in [0.25, 0.3) is 0 Å². The van der Waals surface area contributed by atoms with Crippen LogP contribution in [0.1, 0.15) is 6.92 Å². The molecule has 1 atom stereocenters. The van der Waals surface area contributed by atoms with Gasteiger partial charge in [0.15, 0.2) is 0 Å². The van der Waals surface area contributed by atoms with Crippen LogP contribution in [-0.4, -0.2) is 67.7 Å². The molecule has 0 spiro atoms. The number of nitrogens with zero attached hydrogens (tertiary/aromatic N) is 2. The quantitative estimate of drug-likeness (QED) is 0.651. The van der Waals surface area contributed by atoms with E-state index in [1.54, 1.807) is 0 Å². The van der Waals surface area contributed by atoms with Gasteiger partial charge in [-0.3, -0.25) is 4.90 Å². The number of hydrogen-bond donors (Lipinski definition) is 2. The van der Waals surface area contributed by atoms with Crippen molar-refractivity contribution in [1.29, 1.82) is 0 Å². The summed E-state index contributed by atoms with van der Waals surface area (Å²) in [6.07, 6.45) is 0. The van der Waals surface area contributed by atoms with Gasteiger partial charge in [-0.1, -0.05) is 0 Å². The van der Waals surface area contributed by atoms with E-state index >= 15 is 0 Å². The largest absolute Gasteiger partial charge is 0.336 e. The number of urea groups is 1. The molecule has 2 fully saturated rings. The third-order valence-electron chi connectivity index (χ3n) is 3.08. The lowest BCUT2D eigenvalue weighted by Gasteiger charge is -2.32. The van der Waals surface area contributed by atoms with E-state index in [1.165, 1.54) is 0 Å². The summed E-state index contributed by atoms with van der Waals surface area (Å²) in [4.78, 5) is 15.6. The van der Waals surface area contributed by atoms with Crippen LogP contribution in [0.2, 0.25) is 0 Å². The summed E-state index contributed by atoms with van der Waals surface area (Å²) in [6, 6.07) is 0.671. The molecular formula is C10H20N4O. The molecule has 2 amide bonds. The zero-order valence-corrected chi connectivity index (χ0v) is 9.33. The fourth-order valence-electron chi connectivity index (χ4n) is 2.20. The van der Waals surface area contributed by atoms with Gasteiger partial charge in [-0.15, -0.1) is 0 Å². The highest BCUT2D eigenvalue weighted by atomic mass is 16.2. The molecule has 2 saturated heterocycles. The Kier molecular flexibility index (Phi) is 3.43. The van der Waals surface area contributed by atoms with Gasteiger partial charge in [0, 0.05) is 51.9 Å². The van der Waals surface area contributed by atoms with E-state index < -0.39 is 0 Å². The molecule has 0 aromatic heterocycles. The number of rotatable bonds is 3. The summed E-state index contributed by atoms with van der Waals surface area (Å²) in [5, 5.41) is 6.24. The van der Waals surface area contributed by atoms with Crippen LogP contribution in [0.5, 0.6) is 0 Å². The number of amides is 2. The smallest absolute Gasteiger partial charge is 0.317 e. The van der Waals surface area contributed by atoms with E-state index in [-0.39, 0.29) is 6.03 Å². The summed E-state index contributed by atoms with van der Waals surface area (Å²) in [5.74, 6) is 0. The first-order valence-electron chi connectivity index (χ1n) is 5.74. The minimum absolute atomic E-state index is 0.0955. The number of piperazine rings is 1. The van der Waals surface area contributed by atoms with E-state index in [2.05, 4.69) is 22.5 Å². The molecule has 2 N–H and O–H groups in total. The summed E-state index contributed by atoms with van der Waals surface area (Å²) in [6.45, 7) is 8.98. The summed E-state index contributed by atoms with van der Waals surface area (Å²) < 4.78 is 0. The Labute approximate surface area is 90.8 Å². The van der Waals surface area contributed by atoms with Gasteiger partial charge in [-0.25, -0.2) is 4.79 Å². The normalized spacial score (nSPS) is 28.2. The molecule has 15 heavy (non-hydrogen) atoms. The Morgan fingerprint density at radius 1 is 1.33 bits per heavy atom. The lowest BCUT2D eigenvalue weighted by atomic mass is 10.2. The van der Waals surface area contributed by atoms with E-state index in [4.69, 9.17) is 0 Å². The molecule has 86 valence electrons. The number of hydrogen-bond acceptors (Lipinski definition) is 3. The van der Waals surface area contributed by atoms with Gasteiger partial charge in [-0.2, -0.15) is 0 Å². The zero-order chi connectivity index (χ0) is 10.7. The van der Waals surface area contributed by atoms with Crippen LogP contribution in [-0.2, 0) is 0 Å². The SMILES string of the molecule is C[C@@H]1CN(CCN2CCNC2=O)CCN1. The van der Waals surface area contributed by atoms with Gasteiger partial charge in [0.05, 0.1) is 0 Å². The second kappa shape index (κ2) is 4.81. The zero-order valence-electron chi connectivity index (χ0n) is 9.33. The van der Waals surface area contributed by atoms with Crippen LogP contribution in [0.3, 0.4) is 0 Å². The topological polar surface area (TPSA) is 47.6 Å². The van der Waals surface area contributed by atoms with Crippen LogP contribution in [0.25, 0.3) is 0 Å². The molecule has 0 aromatic rings. The number of carbonyl (C=O) groups is 1. The van der Waals surface area contributed by atoms with Crippen LogP contribution >= 0.6 is 0 Å². The van der Waals surface area contributed by atoms with Crippen molar-refractivity contribution in [3.8, 4) is 0 Å². The molecule has 0 unspecified atom stereocenters. The number of nitrogens with one attached hydrogen (secondary N) is 2. The van der Waals surface area contributed by atoms with Gasteiger partial charge >= 0.3 is 6.03 Å². The van der Waals surface area contributed by atoms with Gasteiger partial charge in [-0.05, 0) is 6.92 Å². The highest BCUT2D eigenvalue weighted by Crippen LogP contribution is 2.01. The molecule has 0 radical (unpaired) electrons. The van der Waals surface area contributed by atoms with Crippen LogP contribution < -0.4 is 10.6 Å². The van der Waals surface area contributed by atoms with Crippen molar-refractivity contribution < 1.29 is 4.79 Å². The lowest BCUT2D eigenvalue weighted by Crippen LogP contribution is -2.51. The minimum Gasteiger partial charge on any atom is -0.336 e. The van der Waals surface area contributed by atoms with Crippen LogP contribution in [0, 0.1) is 0 Å². The monoisotopic (exact) mass is 212 g/mol. The second-order valence-electron chi connectivity index (χ2n) is 4.37. The van der Waals surface area contributed by atoms with Crippen LogP contribution in [0.4, 0.5) is 4.79 Å². The Balaban J connectivity index is 1.70. The first-order valence-corrected chi connectivity index (χ1v) is 5.74. The highest BCUT2D eigenvalue weighted by Gasteiger charge is 2.21. The molecule has 0 bridgehead atoms. The van der Waals surface area contributed by atoms with Crippen molar-refractivity contribution in [2.45, 2.75) is 13.0 Å². The van der Waals surface area contributed by atoms with Crippen molar-refractivity contribution in [1.82, 2.24) is 20.4 Å². The maximum absolute atomic E-state index is 11.3. The molecule has 2 heterocycles. The molecule has 2 aliphatic rings. The van der Waals surface area contributed by atoms with Gasteiger partial charge in [0.2, 0.25) is 0 Å². The summed E-state index contributed by atoms with van der Waals surface area (Å²) in [7, 11) is 0. The minimum atomic E-state index is 0.0955. The van der Waals surface area contributed by atoms with E-state index in [1.807, 2.05) is 4.90 Å². The maximum atomic E-state index is 11.3. The first-order chi connectivity index (χ1) is 7.25. The molecule has 2 rings (SSSR count).